The first-order chi connectivity index (χ1) is 9.70. The number of rotatable bonds is 3. The second-order valence-electron chi connectivity index (χ2n) is 4.15. The van der Waals surface area contributed by atoms with Crippen molar-refractivity contribution in [1.82, 2.24) is 4.98 Å². The van der Waals surface area contributed by atoms with Crippen molar-refractivity contribution in [3.63, 3.8) is 0 Å². The van der Waals surface area contributed by atoms with E-state index in [0.29, 0.717) is 5.13 Å². The van der Waals surface area contributed by atoms with Crippen molar-refractivity contribution < 1.29 is 0 Å². The van der Waals surface area contributed by atoms with Crippen LogP contribution >= 0.6 is 34.7 Å². The molecule has 5 heteroatoms. The molecule has 0 saturated heterocycles. The van der Waals surface area contributed by atoms with E-state index < -0.39 is 0 Å². The fourth-order valence-corrected chi connectivity index (χ4v) is 3.27. The van der Waals surface area contributed by atoms with Crippen molar-refractivity contribution in [3.8, 4) is 11.3 Å². The molecule has 0 spiro atoms. The van der Waals surface area contributed by atoms with Crippen molar-refractivity contribution in [2.75, 3.05) is 5.73 Å². The molecule has 0 bridgehead atoms. The smallest absolute Gasteiger partial charge is 0.180 e. The number of aromatic nitrogens is 1. The second-order valence-corrected chi connectivity index (χ2v) is 6.62. The average molecular weight is 319 g/mol. The highest BCUT2D eigenvalue weighted by molar-refractivity contribution is 7.99. The molecule has 0 aliphatic heterocycles. The van der Waals surface area contributed by atoms with E-state index in [1.54, 1.807) is 11.8 Å². The third-order valence-electron chi connectivity index (χ3n) is 2.72. The lowest BCUT2D eigenvalue weighted by molar-refractivity contribution is 1.37. The lowest BCUT2D eigenvalue weighted by atomic mass is 10.2. The van der Waals surface area contributed by atoms with Crippen LogP contribution in [0, 0.1) is 0 Å². The van der Waals surface area contributed by atoms with Crippen LogP contribution in [-0.4, -0.2) is 4.98 Å². The summed E-state index contributed by atoms with van der Waals surface area (Å²) in [6.07, 6.45) is 0. The SMILES string of the molecule is Nc1nc(-c2ccc(Sc3ccc(Cl)cc3)cc2)cs1. The van der Waals surface area contributed by atoms with Gasteiger partial charge in [0.25, 0.3) is 0 Å². The Kier molecular flexibility index (Phi) is 3.96. The number of nitrogens with two attached hydrogens (primary N) is 1. The summed E-state index contributed by atoms with van der Waals surface area (Å²) in [6, 6.07) is 16.1. The molecule has 0 radical (unpaired) electrons. The third-order valence-corrected chi connectivity index (χ3v) is 4.66. The summed E-state index contributed by atoms with van der Waals surface area (Å²) in [5.41, 5.74) is 7.66. The highest BCUT2D eigenvalue weighted by Gasteiger charge is 2.03. The van der Waals surface area contributed by atoms with Gasteiger partial charge in [0, 0.05) is 25.8 Å². The van der Waals surface area contributed by atoms with Crippen LogP contribution in [0.3, 0.4) is 0 Å². The molecule has 3 aromatic rings. The van der Waals surface area contributed by atoms with Crippen molar-refractivity contribution >= 4 is 39.8 Å². The van der Waals surface area contributed by atoms with Crippen LogP contribution in [0.15, 0.2) is 63.7 Å². The molecule has 0 aliphatic rings. The summed E-state index contributed by atoms with van der Waals surface area (Å²) in [7, 11) is 0. The number of anilines is 1. The molecule has 100 valence electrons. The van der Waals surface area contributed by atoms with E-state index in [0.717, 1.165) is 16.3 Å². The summed E-state index contributed by atoms with van der Waals surface area (Å²) >= 11 is 9.04. The first kappa shape index (κ1) is 13.5. The van der Waals surface area contributed by atoms with Crippen LogP contribution in [0.1, 0.15) is 0 Å². The van der Waals surface area contributed by atoms with E-state index in [-0.39, 0.29) is 0 Å². The van der Waals surface area contributed by atoms with E-state index in [4.69, 9.17) is 17.3 Å². The molecule has 0 atom stereocenters. The highest BCUT2D eigenvalue weighted by Crippen LogP contribution is 2.31. The van der Waals surface area contributed by atoms with Crippen molar-refractivity contribution in [2.45, 2.75) is 9.79 Å². The normalized spacial score (nSPS) is 10.7. The molecule has 2 N–H and O–H groups in total. The number of nitrogen functional groups attached to an aromatic ring is 1. The summed E-state index contributed by atoms with van der Waals surface area (Å²) in [6.45, 7) is 0. The van der Waals surface area contributed by atoms with Crippen molar-refractivity contribution in [1.29, 1.82) is 0 Å². The van der Waals surface area contributed by atoms with Gasteiger partial charge in [-0.2, -0.15) is 0 Å². The molecule has 3 rings (SSSR count). The first-order valence-corrected chi connectivity index (χ1v) is 8.03. The summed E-state index contributed by atoms with van der Waals surface area (Å²) in [5, 5.41) is 3.32. The Morgan fingerprint density at radius 3 is 2.10 bits per heavy atom. The number of thiazole rings is 1. The van der Waals surface area contributed by atoms with Gasteiger partial charge in [0.1, 0.15) is 0 Å². The summed E-state index contributed by atoms with van der Waals surface area (Å²) < 4.78 is 0. The van der Waals surface area contributed by atoms with E-state index in [9.17, 15) is 0 Å². The molecule has 0 unspecified atom stereocenters. The van der Waals surface area contributed by atoms with Crippen LogP contribution in [0.5, 0.6) is 0 Å². The van der Waals surface area contributed by atoms with Gasteiger partial charge in [0.05, 0.1) is 5.69 Å². The number of hydrogen-bond donors (Lipinski definition) is 1. The van der Waals surface area contributed by atoms with Gasteiger partial charge in [-0.1, -0.05) is 35.5 Å². The topological polar surface area (TPSA) is 38.9 Å². The standard InChI is InChI=1S/C15H11ClN2S2/c16-11-3-7-13(8-4-11)20-12-5-1-10(2-6-12)14-9-19-15(17)18-14/h1-9H,(H2,17,18). The minimum absolute atomic E-state index is 0.597. The van der Waals surface area contributed by atoms with Crippen LogP contribution in [0.4, 0.5) is 5.13 Å². The fraction of sp³-hybridized carbons (Fsp3) is 0. The maximum Gasteiger partial charge on any atom is 0.180 e. The predicted molar refractivity (Wildman–Crippen MR) is 87.5 cm³/mol. The van der Waals surface area contributed by atoms with Crippen molar-refractivity contribution in [3.05, 3.63) is 58.9 Å². The Balaban J connectivity index is 1.77. The van der Waals surface area contributed by atoms with Crippen LogP contribution < -0.4 is 5.73 Å². The Labute approximate surface area is 130 Å². The Morgan fingerprint density at radius 2 is 1.55 bits per heavy atom. The Morgan fingerprint density at radius 1 is 0.950 bits per heavy atom. The third kappa shape index (κ3) is 3.15. The molecule has 0 fully saturated rings. The highest BCUT2D eigenvalue weighted by atomic mass is 35.5. The zero-order chi connectivity index (χ0) is 13.9. The minimum Gasteiger partial charge on any atom is -0.375 e. The maximum atomic E-state index is 5.88. The average Bonchev–Trinajstić information content (AvgIpc) is 2.89. The monoisotopic (exact) mass is 318 g/mol. The quantitative estimate of drug-likeness (QED) is 0.721. The van der Waals surface area contributed by atoms with Crippen LogP contribution in [0.2, 0.25) is 5.02 Å². The van der Waals surface area contributed by atoms with E-state index in [2.05, 4.69) is 29.2 Å². The molecule has 1 aromatic heterocycles. The molecular weight excluding hydrogens is 308 g/mol. The fourth-order valence-electron chi connectivity index (χ4n) is 1.75. The van der Waals surface area contributed by atoms with E-state index >= 15 is 0 Å². The lowest BCUT2D eigenvalue weighted by Crippen LogP contribution is -1.83. The molecule has 0 aliphatic carbocycles. The molecule has 1 heterocycles. The van der Waals surface area contributed by atoms with Gasteiger partial charge < -0.3 is 5.73 Å². The first-order valence-electron chi connectivity index (χ1n) is 5.95. The van der Waals surface area contributed by atoms with E-state index in [1.807, 2.05) is 29.6 Å². The molecule has 0 saturated carbocycles. The minimum atomic E-state index is 0.597. The van der Waals surface area contributed by atoms with Gasteiger partial charge in [0.2, 0.25) is 0 Å². The molecule has 0 amide bonds. The van der Waals surface area contributed by atoms with Gasteiger partial charge >= 0.3 is 0 Å². The lowest BCUT2D eigenvalue weighted by Gasteiger charge is -2.03. The maximum absolute atomic E-state index is 5.88. The predicted octanol–water partition coefficient (Wildman–Crippen LogP) is 5.20. The van der Waals surface area contributed by atoms with Gasteiger partial charge in [0.15, 0.2) is 5.13 Å². The number of hydrogen-bond acceptors (Lipinski definition) is 4. The zero-order valence-corrected chi connectivity index (χ0v) is 12.8. The van der Waals surface area contributed by atoms with Crippen LogP contribution in [-0.2, 0) is 0 Å². The zero-order valence-electron chi connectivity index (χ0n) is 10.4. The molecule has 20 heavy (non-hydrogen) atoms. The van der Waals surface area contributed by atoms with Gasteiger partial charge in [-0.05, 0) is 36.4 Å². The molecule has 2 aromatic carbocycles. The summed E-state index contributed by atoms with van der Waals surface area (Å²) in [4.78, 5) is 6.63. The molecular formula is C15H11ClN2S2. The Hall–Kier alpha value is -1.49. The Bertz CT molecular complexity index is 705. The van der Waals surface area contributed by atoms with Crippen molar-refractivity contribution in [2.24, 2.45) is 0 Å². The van der Waals surface area contributed by atoms with Gasteiger partial charge in [-0.3, -0.25) is 0 Å². The number of nitrogens with zero attached hydrogens (tertiary/aromatic N) is 1. The van der Waals surface area contributed by atoms with E-state index in [1.165, 1.54) is 21.1 Å². The van der Waals surface area contributed by atoms with Gasteiger partial charge in [-0.15, -0.1) is 11.3 Å². The van der Waals surface area contributed by atoms with Gasteiger partial charge in [-0.25, -0.2) is 4.98 Å². The molecule has 2 nitrogen and oxygen atoms in total. The summed E-state index contributed by atoms with van der Waals surface area (Å²) in [5.74, 6) is 0. The number of benzene rings is 2. The van der Waals surface area contributed by atoms with Crippen LogP contribution in [0.25, 0.3) is 11.3 Å². The second kappa shape index (κ2) is 5.87. The number of halogens is 1. The largest absolute Gasteiger partial charge is 0.375 e.